The van der Waals surface area contributed by atoms with Crippen LogP contribution >= 0.6 is 0 Å². The number of hydrogen-bond acceptors (Lipinski definition) is 5. The zero-order valence-corrected chi connectivity index (χ0v) is 17.6. The summed E-state index contributed by atoms with van der Waals surface area (Å²) < 4.78 is 10.6. The number of aryl methyl sites for hydroxylation is 1. The molecule has 1 aliphatic heterocycles. The largest absolute Gasteiger partial charge is 0.496 e. The number of esters is 1. The second-order valence-corrected chi connectivity index (χ2v) is 7.32. The van der Waals surface area contributed by atoms with Crippen LogP contribution < -0.4 is 10.1 Å². The summed E-state index contributed by atoms with van der Waals surface area (Å²) in [6, 6.07) is 12.9. The summed E-state index contributed by atoms with van der Waals surface area (Å²) >= 11 is 0. The first-order valence-corrected chi connectivity index (χ1v) is 9.85. The maximum absolute atomic E-state index is 13.4. The van der Waals surface area contributed by atoms with E-state index in [0.29, 0.717) is 17.7 Å². The van der Waals surface area contributed by atoms with Crippen LogP contribution in [0.15, 0.2) is 48.5 Å². The molecule has 0 aromatic heterocycles. The minimum absolute atomic E-state index is 0.0737. The Morgan fingerprint density at radius 1 is 1.17 bits per heavy atom. The molecule has 0 saturated carbocycles. The molecule has 7 heteroatoms. The van der Waals surface area contributed by atoms with Crippen molar-refractivity contribution < 1.29 is 23.9 Å². The molecule has 2 aromatic rings. The molecule has 1 N–H and O–H groups in total. The maximum atomic E-state index is 13.4. The number of imide groups is 1. The molecule has 1 saturated heterocycles. The Morgan fingerprint density at radius 2 is 1.87 bits per heavy atom. The van der Waals surface area contributed by atoms with Crippen LogP contribution in [0.25, 0.3) is 0 Å². The molecule has 3 rings (SSSR count). The van der Waals surface area contributed by atoms with E-state index in [-0.39, 0.29) is 6.61 Å². The van der Waals surface area contributed by atoms with E-state index in [2.05, 4.69) is 5.32 Å². The molecule has 2 atom stereocenters. The summed E-state index contributed by atoms with van der Waals surface area (Å²) in [6.07, 6.45) is 0.339. The predicted octanol–water partition coefficient (Wildman–Crippen LogP) is 3.29. The summed E-state index contributed by atoms with van der Waals surface area (Å²) in [5.74, 6) is -0.416. The molecule has 0 bridgehead atoms. The van der Waals surface area contributed by atoms with E-state index in [0.717, 1.165) is 16.0 Å². The van der Waals surface area contributed by atoms with Gasteiger partial charge in [0.1, 0.15) is 23.9 Å². The number of nitrogens with zero attached hydrogens (tertiary/aromatic N) is 1. The molecular weight excluding hydrogens is 384 g/mol. The molecule has 1 heterocycles. The van der Waals surface area contributed by atoms with E-state index in [1.54, 1.807) is 19.2 Å². The second kappa shape index (κ2) is 8.57. The third kappa shape index (κ3) is 3.75. The van der Waals surface area contributed by atoms with E-state index in [1.807, 2.05) is 50.2 Å². The molecular formula is C23H26N2O5. The highest BCUT2D eigenvalue weighted by molar-refractivity contribution is 6.09. The minimum atomic E-state index is -1.23. The van der Waals surface area contributed by atoms with Crippen molar-refractivity contribution in [3.8, 4) is 5.75 Å². The van der Waals surface area contributed by atoms with Gasteiger partial charge in [0, 0.05) is 0 Å². The van der Waals surface area contributed by atoms with Crippen molar-refractivity contribution >= 4 is 17.9 Å². The van der Waals surface area contributed by atoms with E-state index < -0.39 is 29.5 Å². The van der Waals surface area contributed by atoms with Crippen molar-refractivity contribution in [2.75, 3.05) is 7.11 Å². The van der Waals surface area contributed by atoms with Gasteiger partial charge in [-0.25, -0.2) is 14.5 Å². The number of urea groups is 1. The third-order valence-electron chi connectivity index (χ3n) is 5.49. The number of nitrogens with one attached hydrogen (secondary N) is 1. The average molecular weight is 410 g/mol. The van der Waals surface area contributed by atoms with Gasteiger partial charge in [0.25, 0.3) is 5.91 Å². The minimum Gasteiger partial charge on any atom is -0.496 e. The number of amides is 3. The van der Waals surface area contributed by atoms with Gasteiger partial charge >= 0.3 is 12.0 Å². The smallest absolute Gasteiger partial charge is 0.329 e. The SMILES string of the molecule is CCC1(c2ccc(OC)c(C)c2)NC(=O)N(C(C)C(=O)OCc2ccccc2)C1=O. The van der Waals surface area contributed by atoms with Crippen molar-refractivity contribution in [2.45, 2.75) is 45.4 Å². The van der Waals surface area contributed by atoms with Crippen LogP contribution in [-0.2, 0) is 26.5 Å². The average Bonchev–Trinajstić information content (AvgIpc) is 3.02. The summed E-state index contributed by atoms with van der Waals surface area (Å²) in [6.45, 7) is 5.26. The van der Waals surface area contributed by atoms with E-state index in [1.165, 1.54) is 6.92 Å². The molecule has 7 nitrogen and oxygen atoms in total. The number of ether oxygens (including phenoxy) is 2. The van der Waals surface area contributed by atoms with Crippen molar-refractivity contribution in [1.29, 1.82) is 0 Å². The quantitative estimate of drug-likeness (QED) is 0.559. The van der Waals surface area contributed by atoms with Crippen molar-refractivity contribution in [1.82, 2.24) is 10.2 Å². The molecule has 0 spiro atoms. The molecule has 1 fully saturated rings. The van der Waals surface area contributed by atoms with Crippen LogP contribution in [0.2, 0.25) is 0 Å². The molecule has 3 amide bonds. The molecule has 1 aliphatic rings. The van der Waals surface area contributed by atoms with Gasteiger partial charge in [-0.1, -0.05) is 43.3 Å². The second-order valence-electron chi connectivity index (χ2n) is 7.32. The zero-order chi connectivity index (χ0) is 21.9. The zero-order valence-electron chi connectivity index (χ0n) is 17.6. The van der Waals surface area contributed by atoms with Crippen LogP contribution in [0.1, 0.15) is 37.0 Å². The van der Waals surface area contributed by atoms with Crippen molar-refractivity contribution in [3.63, 3.8) is 0 Å². The highest BCUT2D eigenvalue weighted by Gasteiger charge is 2.54. The Morgan fingerprint density at radius 3 is 2.47 bits per heavy atom. The van der Waals surface area contributed by atoms with Gasteiger partial charge in [-0.05, 0) is 49.1 Å². The number of rotatable bonds is 7. The Balaban J connectivity index is 1.81. The van der Waals surface area contributed by atoms with Gasteiger partial charge < -0.3 is 14.8 Å². The first kappa shape index (κ1) is 21.4. The fraction of sp³-hybridized carbons (Fsp3) is 0.348. The molecule has 2 unspecified atom stereocenters. The lowest BCUT2D eigenvalue weighted by Crippen LogP contribution is -2.47. The van der Waals surface area contributed by atoms with Crippen LogP contribution in [-0.4, -0.2) is 36.0 Å². The van der Waals surface area contributed by atoms with Gasteiger partial charge in [0.05, 0.1) is 7.11 Å². The van der Waals surface area contributed by atoms with Crippen molar-refractivity contribution in [2.24, 2.45) is 0 Å². The lowest BCUT2D eigenvalue weighted by molar-refractivity contribution is -0.153. The summed E-state index contributed by atoms with van der Waals surface area (Å²) in [4.78, 5) is 39.6. The Hall–Kier alpha value is -3.35. The summed E-state index contributed by atoms with van der Waals surface area (Å²) in [5, 5.41) is 2.80. The Bertz CT molecular complexity index is 959. The van der Waals surface area contributed by atoms with Gasteiger partial charge in [-0.15, -0.1) is 0 Å². The molecule has 30 heavy (non-hydrogen) atoms. The number of benzene rings is 2. The normalized spacial score (nSPS) is 19.4. The third-order valence-corrected chi connectivity index (χ3v) is 5.49. The first-order chi connectivity index (χ1) is 14.3. The van der Waals surface area contributed by atoms with Gasteiger partial charge in [-0.2, -0.15) is 0 Å². The lowest BCUT2D eigenvalue weighted by atomic mass is 9.86. The van der Waals surface area contributed by atoms with Crippen LogP contribution in [0.4, 0.5) is 4.79 Å². The Kier molecular flexibility index (Phi) is 6.10. The highest BCUT2D eigenvalue weighted by Crippen LogP contribution is 2.35. The van der Waals surface area contributed by atoms with E-state index in [4.69, 9.17) is 9.47 Å². The molecule has 0 aliphatic carbocycles. The van der Waals surface area contributed by atoms with Crippen LogP contribution in [0, 0.1) is 6.92 Å². The predicted molar refractivity (Wildman–Crippen MR) is 111 cm³/mol. The van der Waals surface area contributed by atoms with Gasteiger partial charge in [-0.3, -0.25) is 4.79 Å². The molecule has 2 aromatic carbocycles. The summed E-state index contributed by atoms with van der Waals surface area (Å²) in [7, 11) is 1.57. The van der Waals surface area contributed by atoms with Crippen LogP contribution in [0.3, 0.4) is 0 Å². The van der Waals surface area contributed by atoms with Gasteiger partial charge in [0.15, 0.2) is 0 Å². The van der Waals surface area contributed by atoms with Gasteiger partial charge in [0.2, 0.25) is 0 Å². The monoisotopic (exact) mass is 410 g/mol. The highest BCUT2D eigenvalue weighted by atomic mass is 16.5. The van der Waals surface area contributed by atoms with Crippen molar-refractivity contribution in [3.05, 3.63) is 65.2 Å². The number of hydrogen-bond donors (Lipinski definition) is 1. The fourth-order valence-corrected chi connectivity index (χ4v) is 3.68. The lowest BCUT2D eigenvalue weighted by Gasteiger charge is -2.27. The number of methoxy groups -OCH3 is 1. The van der Waals surface area contributed by atoms with Crippen LogP contribution in [0.5, 0.6) is 5.75 Å². The topological polar surface area (TPSA) is 84.9 Å². The number of carbonyl (C=O) groups is 3. The van der Waals surface area contributed by atoms with E-state index >= 15 is 0 Å². The molecule has 158 valence electrons. The standard InChI is InChI=1S/C23H26N2O5/c1-5-23(18-11-12-19(29-4)15(2)13-18)21(27)25(22(28)24-23)16(3)20(26)30-14-17-9-7-6-8-10-17/h6-13,16H,5,14H2,1-4H3,(H,24,28). The maximum Gasteiger partial charge on any atom is 0.329 e. The van der Waals surface area contributed by atoms with E-state index in [9.17, 15) is 14.4 Å². The Labute approximate surface area is 176 Å². The number of carbonyl (C=O) groups excluding carboxylic acids is 3. The summed E-state index contributed by atoms with van der Waals surface area (Å²) in [5.41, 5.74) is 1.08. The molecule has 0 radical (unpaired) electrons. The fourth-order valence-electron chi connectivity index (χ4n) is 3.68. The first-order valence-electron chi connectivity index (χ1n) is 9.85.